The van der Waals surface area contributed by atoms with E-state index in [-0.39, 0.29) is 5.78 Å². The molecule has 0 aliphatic heterocycles. The summed E-state index contributed by atoms with van der Waals surface area (Å²) in [7, 11) is 1.53. The Morgan fingerprint density at radius 2 is 2.12 bits per heavy atom. The first kappa shape index (κ1) is 11.7. The molecule has 0 aliphatic rings. The number of Topliss-reactive ketones (excluding diaryl/α,β-unsaturated/α-hetero) is 1. The van der Waals surface area contributed by atoms with E-state index in [1.807, 2.05) is 0 Å². The second-order valence-corrected chi connectivity index (χ2v) is 3.97. The van der Waals surface area contributed by atoms with Crippen LogP contribution < -0.4 is 4.74 Å². The fourth-order valence-electron chi connectivity index (χ4n) is 1.76. The summed E-state index contributed by atoms with van der Waals surface area (Å²) in [5.74, 6) is 0.737. The van der Waals surface area contributed by atoms with Crippen LogP contribution in [-0.2, 0) is 0 Å². The van der Waals surface area contributed by atoms with Crippen molar-refractivity contribution in [2.45, 2.75) is 20.0 Å². The molecule has 4 heteroatoms. The first-order valence-corrected chi connectivity index (χ1v) is 5.33. The van der Waals surface area contributed by atoms with Crippen molar-refractivity contribution in [1.82, 2.24) is 0 Å². The lowest BCUT2D eigenvalue weighted by molar-refractivity contribution is 0.0989. The van der Waals surface area contributed by atoms with Gasteiger partial charge in [0.05, 0.1) is 13.2 Å². The number of carbonyl (C=O) groups is 1. The van der Waals surface area contributed by atoms with Crippen molar-refractivity contribution < 1.29 is 19.1 Å². The topological polar surface area (TPSA) is 59.7 Å². The molecular weight excluding hydrogens is 220 g/mol. The number of methoxy groups -OCH3 is 1. The lowest BCUT2D eigenvalue weighted by Crippen LogP contribution is -1.95. The molecule has 4 nitrogen and oxygen atoms in total. The number of benzene rings is 1. The Morgan fingerprint density at radius 3 is 2.65 bits per heavy atom. The Bertz CT molecular complexity index is 566. The number of hydrogen-bond acceptors (Lipinski definition) is 4. The molecule has 1 heterocycles. The highest BCUT2D eigenvalue weighted by Crippen LogP contribution is 2.32. The maximum absolute atomic E-state index is 11.2. The molecule has 1 aromatic carbocycles. The van der Waals surface area contributed by atoms with Crippen LogP contribution in [0.1, 0.15) is 36.1 Å². The molecule has 1 atom stereocenters. The quantitative estimate of drug-likeness (QED) is 0.829. The molecule has 0 aliphatic carbocycles. The van der Waals surface area contributed by atoms with Gasteiger partial charge in [-0.1, -0.05) is 0 Å². The molecule has 90 valence electrons. The summed E-state index contributed by atoms with van der Waals surface area (Å²) < 4.78 is 10.6. The number of carbonyl (C=O) groups excluding carboxylic acids is 1. The minimum atomic E-state index is -0.634. The minimum Gasteiger partial charge on any atom is -0.496 e. The van der Waals surface area contributed by atoms with Crippen molar-refractivity contribution in [3.63, 3.8) is 0 Å². The summed E-state index contributed by atoms with van der Waals surface area (Å²) in [6.45, 7) is 3.11. The van der Waals surface area contributed by atoms with Gasteiger partial charge < -0.3 is 14.3 Å². The average molecular weight is 234 g/mol. The van der Waals surface area contributed by atoms with Crippen molar-refractivity contribution in [3.05, 3.63) is 29.5 Å². The van der Waals surface area contributed by atoms with E-state index < -0.39 is 6.10 Å². The average Bonchev–Trinajstić information content (AvgIpc) is 2.69. The summed E-state index contributed by atoms with van der Waals surface area (Å²) >= 11 is 0. The molecule has 0 spiro atoms. The van der Waals surface area contributed by atoms with E-state index in [0.717, 1.165) is 5.39 Å². The molecule has 1 aromatic heterocycles. The van der Waals surface area contributed by atoms with Gasteiger partial charge in [0, 0.05) is 23.9 Å². The summed E-state index contributed by atoms with van der Waals surface area (Å²) in [5.41, 5.74) is 1.26. The van der Waals surface area contributed by atoms with Gasteiger partial charge in [0.1, 0.15) is 11.3 Å². The molecule has 1 N–H and O–H groups in total. The lowest BCUT2D eigenvalue weighted by atomic mass is 10.1. The van der Waals surface area contributed by atoms with Crippen LogP contribution in [-0.4, -0.2) is 18.0 Å². The van der Waals surface area contributed by atoms with Gasteiger partial charge in [-0.15, -0.1) is 0 Å². The van der Waals surface area contributed by atoms with E-state index in [9.17, 15) is 9.90 Å². The third kappa shape index (κ3) is 2.03. The highest BCUT2D eigenvalue weighted by molar-refractivity contribution is 5.96. The number of ketones is 1. The Hall–Kier alpha value is -1.81. The predicted molar refractivity (Wildman–Crippen MR) is 63.4 cm³/mol. The monoisotopic (exact) mass is 234 g/mol. The largest absolute Gasteiger partial charge is 0.496 e. The van der Waals surface area contributed by atoms with Crippen molar-refractivity contribution in [2.24, 2.45) is 0 Å². The van der Waals surface area contributed by atoms with Gasteiger partial charge in [0.25, 0.3) is 0 Å². The molecule has 0 saturated carbocycles. The van der Waals surface area contributed by atoms with E-state index in [1.54, 1.807) is 25.1 Å². The smallest absolute Gasteiger partial charge is 0.194 e. The lowest BCUT2D eigenvalue weighted by Gasteiger charge is -2.10. The zero-order valence-corrected chi connectivity index (χ0v) is 9.98. The number of aliphatic hydroxyl groups is 1. The normalized spacial score (nSPS) is 12.7. The van der Waals surface area contributed by atoms with Crippen molar-refractivity contribution in [1.29, 1.82) is 0 Å². The second-order valence-electron chi connectivity index (χ2n) is 3.97. The van der Waals surface area contributed by atoms with Crippen LogP contribution in [0, 0.1) is 0 Å². The summed E-state index contributed by atoms with van der Waals surface area (Å²) in [4.78, 5) is 11.2. The van der Waals surface area contributed by atoms with Gasteiger partial charge in [-0.05, 0) is 19.1 Å². The van der Waals surface area contributed by atoms with Crippen LogP contribution in [0.5, 0.6) is 5.75 Å². The van der Waals surface area contributed by atoms with E-state index in [2.05, 4.69) is 0 Å². The van der Waals surface area contributed by atoms with Crippen molar-refractivity contribution in [2.75, 3.05) is 7.11 Å². The summed E-state index contributed by atoms with van der Waals surface area (Å²) in [6.07, 6.45) is -0.634. The Balaban J connectivity index is 2.65. The molecular formula is C13H14O4. The summed E-state index contributed by atoms with van der Waals surface area (Å²) in [6, 6.07) is 5.13. The molecule has 0 fully saturated rings. The van der Waals surface area contributed by atoms with Gasteiger partial charge in [-0.2, -0.15) is 0 Å². The SMILES string of the molecule is COc1cc2oc(C(C)=O)cc2cc1C(C)O. The van der Waals surface area contributed by atoms with Crippen LogP contribution >= 0.6 is 0 Å². The molecule has 2 aromatic rings. The zero-order valence-electron chi connectivity index (χ0n) is 9.98. The molecule has 1 unspecified atom stereocenters. The highest BCUT2D eigenvalue weighted by Gasteiger charge is 2.14. The van der Waals surface area contributed by atoms with Crippen LogP contribution in [0.15, 0.2) is 22.6 Å². The van der Waals surface area contributed by atoms with E-state index >= 15 is 0 Å². The molecule has 17 heavy (non-hydrogen) atoms. The molecule has 0 radical (unpaired) electrons. The number of rotatable bonds is 3. The molecule has 0 amide bonds. The maximum atomic E-state index is 11.2. The van der Waals surface area contributed by atoms with Crippen LogP contribution in [0.3, 0.4) is 0 Å². The van der Waals surface area contributed by atoms with E-state index in [1.165, 1.54) is 14.0 Å². The highest BCUT2D eigenvalue weighted by atomic mass is 16.5. The standard InChI is InChI=1S/C13H14O4/c1-7(14)10-4-9-5-11(8(2)15)17-12(9)6-13(10)16-3/h4-7,14H,1-3H3. The predicted octanol–water partition coefficient (Wildman–Crippen LogP) is 2.70. The Morgan fingerprint density at radius 1 is 1.41 bits per heavy atom. The maximum Gasteiger partial charge on any atom is 0.194 e. The first-order chi connectivity index (χ1) is 8.02. The van der Waals surface area contributed by atoms with Gasteiger partial charge >= 0.3 is 0 Å². The zero-order chi connectivity index (χ0) is 12.6. The number of furan rings is 1. The molecule has 2 rings (SSSR count). The third-order valence-electron chi connectivity index (χ3n) is 2.67. The number of hydrogen-bond donors (Lipinski definition) is 1. The van der Waals surface area contributed by atoms with Crippen LogP contribution in [0.25, 0.3) is 11.0 Å². The van der Waals surface area contributed by atoms with Gasteiger partial charge in [-0.3, -0.25) is 4.79 Å². The van der Waals surface area contributed by atoms with Gasteiger partial charge in [0.2, 0.25) is 0 Å². The fourth-order valence-corrected chi connectivity index (χ4v) is 1.76. The van der Waals surface area contributed by atoms with E-state index in [4.69, 9.17) is 9.15 Å². The van der Waals surface area contributed by atoms with Crippen molar-refractivity contribution >= 4 is 16.8 Å². The summed E-state index contributed by atoms with van der Waals surface area (Å²) in [5, 5.41) is 10.4. The number of ether oxygens (including phenoxy) is 1. The molecule has 0 bridgehead atoms. The third-order valence-corrected chi connectivity index (χ3v) is 2.67. The van der Waals surface area contributed by atoms with Gasteiger partial charge in [0.15, 0.2) is 11.5 Å². The first-order valence-electron chi connectivity index (χ1n) is 5.33. The van der Waals surface area contributed by atoms with Crippen molar-refractivity contribution in [3.8, 4) is 5.75 Å². The Labute approximate surface area is 98.8 Å². The second kappa shape index (κ2) is 4.22. The van der Waals surface area contributed by atoms with Crippen LogP contribution in [0.4, 0.5) is 0 Å². The van der Waals surface area contributed by atoms with Crippen LogP contribution in [0.2, 0.25) is 0 Å². The molecule has 0 saturated heterocycles. The number of fused-ring (bicyclic) bond motifs is 1. The minimum absolute atomic E-state index is 0.126. The fraction of sp³-hybridized carbons (Fsp3) is 0.308. The van der Waals surface area contributed by atoms with Gasteiger partial charge in [-0.25, -0.2) is 0 Å². The van der Waals surface area contributed by atoms with E-state index in [0.29, 0.717) is 22.7 Å². The number of aliphatic hydroxyl groups excluding tert-OH is 1. The Kier molecular flexibility index (Phi) is 2.90.